The second kappa shape index (κ2) is 5.86. The average Bonchev–Trinajstić information content (AvgIpc) is 2.05. The Morgan fingerprint density at radius 2 is 2.18 bits per heavy atom. The van der Waals surface area contributed by atoms with Crippen molar-refractivity contribution in [3.8, 4) is 0 Å². The van der Waals surface area contributed by atoms with Crippen molar-refractivity contribution < 1.29 is 9.84 Å². The molecule has 0 aliphatic carbocycles. The molecule has 0 heterocycles. The van der Waals surface area contributed by atoms with Crippen molar-refractivity contribution in [1.29, 1.82) is 0 Å². The van der Waals surface area contributed by atoms with Crippen molar-refractivity contribution in [2.24, 2.45) is 0 Å². The van der Waals surface area contributed by atoms with Gasteiger partial charge in [-0.3, -0.25) is 0 Å². The standard InChI is InChI=1S/C8H18O2S/c1-4-8(2,11-3)10-7-5-6-9/h9H,4-7H2,1-3H3. The predicted molar refractivity (Wildman–Crippen MR) is 49.9 cm³/mol. The Morgan fingerprint density at radius 1 is 1.55 bits per heavy atom. The Labute approximate surface area is 73.3 Å². The third-order valence-corrected chi connectivity index (χ3v) is 3.05. The van der Waals surface area contributed by atoms with Gasteiger partial charge in [0.2, 0.25) is 0 Å². The van der Waals surface area contributed by atoms with Crippen molar-refractivity contribution in [3.63, 3.8) is 0 Å². The lowest BCUT2D eigenvalue weighted by Crippen LogP contribution is -2.23. The summed E-state index contributed by atoms with van der Waals surface area (Å²) >= 11 is 1.72. The van der Waals surface area contributed by atoms with Crippen LogP contribution >= 0.6 is 11.8 Å². The summed E-state index contributed by atoms with van der Waals surface area (Å²) in [5, 5.41) is 8.52. The lowest BCUT2D eigenvalue weighted by Gasteiger charge is -2.26. The van der Waals surface area contributed by atoms with E-state index in [0.717, 1.165) is 12.8 Å². The van der Waals surface area contributed by atoms with Crippen LogP contribution in [0.4, 0.5) is 0 Å². The molecule has 0 aliphatic rings. The van der Waals surface area contributed by atoms with E-state index in [2.05, 4.69) is 13.8 Å². The number of aliphatic hydroxyl groups is 1. The maximum atomic E-state index is 8.52. The Balaban J connectivity index is 3.51. The Kier molecular flexibility index (Phi) is 6.01. The molecule has 0 rings (SSSR count). The van der Waals surface area contributed by atoms with E-state index in [1.54, 1.807) is 11.8 Å². The van der Waals surface area contributed by atoms with Gasteiger partial charge in [0.15, 0.2) is 0 Å². The van der Waals surface area contributed by atoms with Crippen LogP contribution in [0.3, 0.4) is 0 Å². The molecule has 0 radical (unpaired) electrons. The number of hydrogen-bond donors (Lipinski definition) is 1. The highest BCUT2D eigenvalue weighted by Gasteiger charge is 2.19. The molecule has 0 spiro atoms. The van der Waals surface area contributed by atoms with Gasteiger partial charge < -0.3 is 9.84 Å². The SMILES string of the molecule is CCC(C)(OCCCO)SC. The molecule has 0 amide bonds. The summed E-state index contributed by atoms with van der Waals surface area (Å²) in [7, 11) is 0. The Morgan fingerprint density at radius 3 is 2.55 bits per heavy atom. The first-order valence-corrected chi connectivity index (χ1v) is 5.21. The predicted octanol–water partition coefficient (Wildman–Crippen LogP) is 1.87. The second-order valence-corrected chi connectivity index (χ2v) is 3.89. The summed E-state index contributed by atoms with van der Waals surface area (Å²) in [4.78, 5) is -0.0603. The van der Waals surface area contributed by atoms with E-state index >= 15 is 0 Å². The molecular formula is C8H18O2S. The van der Waals surface area contributed by atoms with E-state index in [4.69, 9.17) is 9.84 Å². The molecule has 2 nitrogen and oxygen atoms in total. The molecule has 1 N–H and O–H groups in total. The van der Waals surface area contributed by atoms with Crippen molar-refractivity contribution in [1.82, 2.24) is 0 Å². The number of aliphatic hydroxyl groups excluding tert-OH is 1. The first-order valence-electron chi connectivity index (χ1n) is 3.98. The molecule has 0 saturated heterocycles. The summed E-state index contributed by atoms with van der Waals surface area (Å²) in [6.45, 7) is 5.06. The minimum Gasteiger partial charge on any atom is -0.396 e. The van der Waals surface area contributed by atoms with Crippen LogP contribution in [-0.2, 0) is 4.74 Å². The van der Waals surface area contributed by atoms with Crippen LogP contribution in [0.15, 0.2) is 0 Å². The lowest BCUT2D eigenvalue weighted by molar-refractivity contribution is 0.0287. The molecule has 0 aromatic heterocycles. The van der Waals surface area contributed by atoms with Crippen LogP contribution in [0.25, 0.3) is 0 Å². The maximum Gasteiger partial charge on any atom is 0.110 e. The minimum atomic E-state index is -0.0603. The van der Waals surface area contributed by atoms with E-state index in [1.165, 1.54) is 0 Å². The van der Waals surface area contributed by atoms with Gasteiger partial charge in [-0.25, -0.2) is 0 Å². The quantitative estimate of drug-likeness (QED) is 0.497. The summed E-state index contributed by atoms with van der Waals surface area (Å²) in [6, 6.07) is 0. The fourth-order valence-corrected chi connectivity index (χ4v) is 1.15. The summed E-state index contributed by atoms with van der Waals surface area (Å²) in [5.74, 6) is 0. The van der Waals surface area contributed by atoms with Gasteiger partial charge in [0.1, 0.15) is 4.93 Å². The molecule has 68 valence electrons. The molecule has 0 aliphatic heterocycles. The number of ether oxygens (including phenoxy) is 1. The van der Waals surface area contributed by atoms with Crippen molar-refractivity contribution in [2.45, 2.75) is 31.6 Å². The van der Waals surface area contributed by atoms with E-state index in [1.807, 2.05) is 6.26 Å². The number of rotatable bonds is 6. The molecular weight excluding hydrogens is 160 g/mol. The molecule has 3 heteroatoms. The first kappa shape index (κ1) is 11.3. The van der Waals surface area contributed by atoms with E-state index in [0.29, 0.717) is 6.61 Å². The second-order valence-electron chi connectivity index (χ2n) is 2.62. The average molecular weight is 178 g/mol. The third-order valence-electron chi connectivity index (χ3n) is 1.78. The highest BCUT2D eigenvalue weighted by molar-refractivity contribution is 7.99. The largest absolute Gasteiger partial charge is 0.396 e. The smallest absolute Gasteiger partial charge is 0.110 e. The van der Waals surface area contributed by atoms with Crippen LogP contribution < -0.4 is 0 Å². The van der Waals surface area contributed by atoms with Crippen LogP contribution in [0.1, 0.15) is 26.7 Å². The van der Waals surface area contributed by atoms with Gasteiger partial charge in [-0.1, -0.05) is 6.92 Å². The lowest BCUT2D eigenvalue weighted by atomic mass is 10.3. The summed E-state index contributed by atoms with van der Waals surface area (Å²) < 4.78 is 5.57. The third kappa shape index (κ3) is 4.67. The maximum absolute atomic E-state index is 8.52. The zero-order chi connectivity index (χ0) is 8.74. The highest BCUT2D eigenvalue weighted by atomic mass is 32.2. The zero-order valence-corrected chi connectivity index (χ0v) is 8.41. The van der Waals surface area contributed by atoms with Crippen molar-refractivity contribution >= 4 is 11.8 Å². The zero-order valence-electron chi connectivity index (χ0n) is 7.59. The number of hydrogen-bond acceptors (Lipinski definition) is 3. The minimum absolute atomic E-state index is 0.0603. The van der Waals surface area contributed by atoms with Crippen LogP contribution in [-0.4, -0.2) is 29.5 Å². The van der Waals surface area contributed by atoms with Crippen LogP contribution in [0.2, 0.25) is 0 Å². The Bertz CT molecular complexity index is 92.1. The fraction of sp³-hybridized carbons (Fsp3) is 1.00. The van der Waals surface area contributed by atoms with E-state index in [9.17, 15) is 0 Å². The molecule has 0 aromatic rings. The van der Waals surface area contributed by atoms with Gasteiger partial charge in [0.05, 0.1) is 6.61 Å². The van der Waals surface area contributed by atoms with Crippen molar-refractivity contribution in [3.05, 3.63) is 0 Å². The van der Waals surface area contributed by atoms with Gasteiger partial charge in [0, 0.05) is 6.61 Å². The number of thioether (sulfide) groups is 1. The topological polar surface area (TPSA) is 29.5 Å². The molecule has 1 atom stereocenters. The van der Waals surface area contributed by atoms with E-state index in [-0.39, 0.29) is 11.5 Å². The first-order chi connectivity index (χ1) is 5.18. The molecule has 0 bridgehead atoms. The fourth-order valence-electron chi connectivity index (χ4n) is 0.658. The summed E-state index contributed by atoms with van der Waals surface area (Å²) in [5.41, 5.74) is 0. The molecule has 11 heavy (non-hydrogen) atoms. The summed E-state index contributed by atoms with van der Waals surface area (Å²) in [6.07, 6.45) is 3.78. The van der Waals surface area contributed by atoms with Gasteiger partial charge in [0.25, 0.3) is 0 Å². The van der Waals surface area contributed by atoms with Crippen molar-refractivity contribution in [2.75, 3.05) is 19.5 Å². The molecule has 1 unspecified atom stereocenters. The van der Waals surface area contributed by atoms with Crippen LogP contribution in [0, 0.1) is 0 Å². The van der Waals surface area contributed by atoms with Gasteiger partial charge >= 0.3 is 0 Å². The monoisotopic (exact) mass is 178 g/mol. The van der Waals surface area contributed by atoms with Crippen LogP contribution in [0.5, 0.6) is 0 Å². The van der Waals surface area contributed by atoms with E-state index < -0.39 is 0 Å². The van der Waals surface area contributed by atoms with Gasteiger partial charge in [-0.05, 0) is 26.0 Å². The van der Waals surface area contributed by atoms with Gasteiger partial charge in [-0.15, -0.1) is 11.8 Å². The normalized spacial score (nSPS) is 16.4. The molecule has 0 saturated carbocycles. The molecule has 0 aromatic carbocycles. The Hall–Kier alpha value is 0.270. The van der Waals surface area contributed by atoms with Gasteiger partial charge in [-0.2, -0.15) is 0 Å². The molecule has 0 fully saturated rings. The highest BCUT2D eigenvalue weighted by Crippen LogP contribution is 2.27.